The normalized spacial score (nSPS) is 16.4. The number of nitrogens with one attached hydrogen (secondary N) is 2. The van der Waals surface area contributed by atoms with Gasteiger partial charge in [0.25, 0.3) is 0 Å². The van der Waals surface area contributed by atoms with E-state index in [9.17, 15) is 9.59 Å². The van der Waals surface area contributed by atoms with Gasteiger partial charge in [0.1, 0.15) is 11.7 Å². The molecule has 4 rings (SSSR count). The number of benzene rings is 2. The minimum Gasteiger partial charge on any atom is -0.315 e. The van der Waals surface area contributed by atoms with Gasteiger partial charge in [-0.1, -0.05) is 48.5 Å². The Labute approximate surface area is 162 Å². The predicted octanol–water partition coefficient (Wildman–Crippen LogP) is 2.56. The second kappa shape index (κ2) is 7.64. The number of aromatic amines is 1. The van der Waals surface area contributed by atoms with Gasteiger partial charge in [-0.3, -0.25) is 20.0 Å². The van der Waals surface area contributed by atoms with E-state index in [1.807, 2.05) is 54.6 Å². The highest BCUT2D eigenvalue weighted by Gasteiger charge is 2.33. The lowest BCUT2D eigenvalue weighted by Crippen LogP contribution is -2.38. The minimum atomic E-state index is -0.770. The molecule has 1 atom stereocenters. The minimum absolute atomic E-state index is 0.188. The van der Waals surface area contributed by atoms with Crippen LogP contribution < -0.4 is 10.2 Å². The molecule has 0 spiro atoms. The average molecular weight is 375 g/mol. The van der Waals surface area contributed by atoms with Gasteiger partial charge in [-0.05, 0) is 30.0 Å². The van der Waals surface area contributed by atoms with E-state index < -0.39 is 5.92 Å². The van der Waals surface area contributed by atoms with Crippen LogP contribution in [0.5, 0.6) is 0 Å². The third kappa shape index (κ3) is 3.64. The number of hydrogen-bond acceptors (Lipinski definition) is 4. The number of anilines is 2. The summed E-state index contributed by atoms with van der Waals surface area (Å²) in [5.41, 5.74) is 3.01. The Morgan fingerprint density at radius 3 is 2.75 bits per heavy atom. The van der Waals surface area contributed by atoms with Crippen molar-refractivity contribution in [3.8, 4) is 0 Å². The summed E-state index contributed by atoms with van der Waals surface area (Å²) in [4.78, 5) is 31.4. The fraction of sp³-hybridized carbons (Fsp3) is 0.238. The van der Waals surface area contributed by atoms with Crippen LogP contribution in [-0.2, 0) is 22.4 Å². The first kappa shape index (κ1) is 17.9. The van der Waals surface area contributed by atoms with E-state index in [4.69, 9.17) is 0 Å². The molecule has 3 aromatic rings. The highest BCUT2D eigenvalue weighted by molar-refractivity contribution is 6.11. The van der Waals surface area contributed by atoms with E-state index in [2.05, 4.69) is 20.5 Å². The van der Waals surface area contributed by atoms with Crippen LogP contribution in [0.25, 0.3) is 0 Å². The molecule has 28 heavy (non-hydrogen) atoms. The van der Waals surface area contributed by atoms with Crippen molar-refractivity contribution >= 4 is 23.5 Å². The average Bonchev–Trinajstić information content (AvgIpc) is 3.10. The topological polar surface area (TPSA) is 91.0 Å². The summed E-state index contributed by atoms with van der Waals surface area (Å²) in [7, 11) is 1.71. The molecule has 1 aliphatic rings. The molecule has 7 nitrogen and oxygen atoms in total. The second-order valence-electron chi connectivity index (χ2n) is 6.87. The summed E-state index contributed by atoms with van der Waals surface area (Å²) in [6.07, 6.45) is 1.70. The third-order valence-corrected chi connectivity index (χ3v) is 4.98. The molecule has 1 aliphatic heterocycles. The van der Waals surface area contributed by atoms with Crippen LogP contribution in [0, 0.1) is 5.92 Å². The lowest BCUT2D eigenvalue weighted by atomic mass is 10.00. The number of H-pyrrole nitrogens is 1. The zero-order valence-corrected chi connectivity index (χ0v) is 15.6. The van der Waals surface area contributed by atoms with E-state index in [0.717, 1.165) is 16.8 Å². The number of carbonyl (C=O) groups is 2. The molecular formula is C21H21N5O2. The van der Waals surface area contributed by atoms with Gasteiger partial charge in [0.05, 0.1) is 0 Å². The van der Waals surface area contributed by atoms with E-state index in [1.54, 1.807) is 11.9 Å². The van der Waals surface area contributed by atoms with Crippen molar-refractivity contribution in [3.63, 3.8) is 0 Å². The standard InChI is InChI=1S/C21H21N5O2/c1-26-17-10-6-5-9-15(17)11-12-16(20(26)28)19(27)23-21-22-18(24-25-21)13-14-7-3-2-4-8-14/h2-10,16H,11-13H2,1H3,(H2,22,23,24,25,27). The lowest BCUT2D eigenvalue weighted by Gasteiger charge is -2.20. The molecule has 0 bridgehead atoms. The van der Waals surface area contributed by atoms with Crippen molar-refractivity contribution < 1.29 is 9.59 Å². The molecule has 7 heteroatoms. The highest BCUT2D eigenvalue weighted by Crippen LogP contribution is 2.28. The van der Waals surface area contributed by atoms with E-state index in [1.165, 1.54) is 0 Å². The molecule has 0 fully saturated rings. The fourth-order valence-corrected chi connectivity index (χ4v) is 3.49. The Morgan fingerprint density at radius 1 is 1.18 bits per heavy atom. The van der Waals surface area contributed by atoms with Gasteiger partial charge in [0, 0.05) is 19.2 Å². The SMILES string of the molecule is CN1C(=O)C(C(=O)Nc2n[nH]c(Cc3ccccc3)n2)CCc2ccccc21. The first-order valence-corrected chi connectivity index (χ1v) is 9.23. The molecule has 2 heterocycles. The Hall–Kier alpha value is -3.48. The van der Waals surface area contributed by atoms with Gasteiger partial charge in [-0.15, -0.1) is 5.10 Å². The van der Waals surface area contributed by atoms with Gasteiger partial charge in [0.2, 0.25) is 17.8 Å². The molecule has 2 aromatic carbocycles. The predicted molar refractivity (Wildman–Crippen MR) is 106 cm³/mol. The number of nitrogens with zero attached hydrogens (tertiary/aromatic N) is 3. The van der Waals surface area contributed by atoms with E-state index >= 15 is 0 Å². The van der Waals surface area contributed by atoms with Crippen LogP contribution in [0.15, 0.2) is 54.6 Å². The summed E-state index contributed by atoms with van der Waals surface area (Å²) in [5, 5.41) is 9.58. The number of carbonyl (C=O) groups excluding carboxylic acids is 2. The maximum Gasteiger partial charge on any atom is 0.248 e. The van der Waals surface area contributed by atoms with Crippen molar-refractivity contribution in [2.45, 2.75) is 19.3 Å². The molecule has 142 valence electrons. The lowest BCUT2D eigenvalue weighted by molar-refractivity contribution is -0.130. The maximum absolute atomic E-state index is 12.8. The number of amides is 2. The smallest absolute Gasteiger partial charge is 0.248 e. The van der Waals surface area contributed by atoms with Gasteiger partial charge < -0.3 is 4.90 Å². The molecule has 2 amide bonds. The van der Waals surface area contributed by atoms with Crippen molar-refractivity contribution in [1.29, 1.82) is 0 Å². The third-order valence-electron chi connectivity index (χ3n) is 4.98. The number of aryl methyl sites for hydroxylation is 1. The molecule has 1 unspecified atom stereocenters. The summed E-state index contributed by atoms with van der Waals surface area (Å²) >= 11 is 0. The summed E-state index contributed by atoms with van der Waals surface area (Å²) in [6, 6.07) is 17.6. The van der Waals surface area contributed by atoms with Crippen molar-refractivity contribution in [2.75, 3.05) is 17.3 Å². The van der Waals surface area contributed by atoms with Gasteiger partial charge in [0.15, 0.2) is 0 Å². The number of aromatic nitrogens is 3. The van der Waals surface area contributed by atoms with Crippen LogP contribution >= 0.6 is 0 Å². The first-order chi connectivity index (χ1) is 13.6. The molecule has 1 aromatic heterocycles. The molecule has 0 aliphatic carbocycles. The number of para-hydroxylation sites is 1. The van der Waals surface area contributed by atoms with Crippen molar-refractivity contribution in [3.05, 3.63) is 71.5 Å². The molecule has 0 saturated carbocycles. The molecule has 0 saturated heterocycles. The van der Waals surface area contributed by atoms with Crippen LogP contribution in [0.4, 0.5) is 11.6 Å². The van der Waals surface area contributed by atoms with Gasteiger partial charge >= 0.3 is 0 Å². The van der Waals surface area contributed by atoms with Crippen LogP contribution in [0.2, 0.25) is 0 Å². The summed E-state index contributed by atoms with van der Waals surface area (Å²) < 4.78 is 0. The zero-order chi connectivity index (χ0) is 19.5. The van der Waals surface area contributed by atoms with Gasteiger partial charge in [-0.25, -0.2) is 0 Å². The number of hydrogen-bond donors (Lipinski definition) is 2. The largest absolute Gasteiger partial charge is 0.315 e. The summed E-state index contributed by atoms with van der Waals surface area (Å²) in [5.74, 6) is -0.530. The summed E-state index contributed by atoms with van der Waals surface area (Å²) in [6.45, 7) is 0. The molecule has 2 N–H and O–H groups in total. The molecular weight excluding hydrogens is 354 g/mol. The Balaban J connectivity index is 1.45. The Bertz CT molecular complexity index is 999. The fourth-order valence-electron chi connectivity index (χ4n) is 3.49. The van der Waals surface area contributed by atoms with E-state index in [-0.39, 0.29) is 17.8 Å². The quantitative estimate of drug-likeness (QED) is 0.686. The van der Waals surface area contributed by atoms with Crippen LogP contribution in [0.3, 0.4) is 0 Å². The number of fused-ring (bicyclic) bond motifs is 1. The van der Waals surface area contributed by atoms with Gasteiger partial charge in [-0.2, -0.15) is 4.98 Å². The van der Waals surface area contributed by atoms with Crippen LogP contribution in [-0.4, -0.2) is 34.0 Å². The van der Waals surface area contributed by atoms with Crippen molar-refractivity contribution in [1.82, 2.24) is 15.2 Å². The number of rotatable bonds is 4. The van der Waals surface area contributed by atoms with E-state index in [0.29, 0.717) is 25.1 Å². The highest BCUT2D eigenvalue weighted by atomic mass is 16.2. The van der Waals surface area contributed by atoms with Crippen LogP contribution in [0.1, 0.15) is 23.4 Å². The Morgan fingerprint density at radius 2 is 1.93 bits per heavy atom. The second-order valence-corrected chi connectivity index (χ2v) is 6.87. The van der Waals surface area contributed by atoms with Crippen molar-refractivity contribution in [2.24, 2.45) is 5.92 Å². The maximum atomic E-state index is 12.8. The Kier molecular flexibility index (Phi) is 4.89. The monoisotopic (exact) mass is 375 g/mol. The zero-order valence-electron chi connectivity index (χ0n) is 15.6. The molecule has 0 radical (unpaired) electrons. The first-order valence-electron chi connectivity index (χ1n) is 9.23.